The largest absolute Gasteiger partial charge is 0.460 e. The van der Waals surface area contributed by atoms with Gasteiger partial charge in [0.15, 0.2) is 0 Å². The quantitative estimate of drug-likeness (QED) is 0.276. The molecule has 2 heterocycles. The van der Waals surface area contributed by atoms with Crippen LogP contribution in [0.15, 0.2) is 12.2 Å². The highest BCUT2D eigenvalue weighted by molar-refractivity contribution is 7.91. The molecule has 4 amide bonds. The van der Waals surface area contributed by atoms with Crippen LogP contribution in [0.2, 0.25) is 0 Å². The Balaban J connectivity index is 1.40. The molecule has 2 aliphatic heterocycles. The van der Waals surface area contributed by atoms with Crippen molar-refractivity contribution in [3.8, 4) is 0 Å². The molecule has 0 spiro atoms. The normalized spacial score (nSPS) is 31.6. The lowest BCUT2D eigenvalue weighted by Gasteiger charge is -2.30. The van der Waals surface area contributed by atoms with Crippen molar-refractivity contribution in [3.63, 3.8) is 0 Å². The maximum Gasteiger partial charge on any atom is 0.408 e. The lowest BCUT2D eigenvalue weighted by atomic mass is 9.89. The highest BCUT2D eigenvalue weighted by Gasteiger charge is 2.62. The number of nitrogens with one attached hydrogen (secondary N) is 3. The smallest absolute Gasteiger partial charge is 0.408 e. The van der Waals surface area contributed by atoms with Gasteiger partial charge in [-0.2, -0.15) is 0 Å². The fourth-order valence-corrected chi connectivity index (χ4v) is 7.97. The van der Waals surface area contributed by atoms with Gasteiger partial charge in [-0.05, 0) is 65.7 Å². The molecule has 0 bridgehead atoms. The van der Waals surface area contributed by atoms with Gasteiger partial charge >= 0.3 is 12.1 Å². The van der Waals surface area contributed by atoms with Crippen molar-refractivity contribution in [1.29, 1.82) is 0 Å². The van der Waals surface area contributed by atoms with Crippen molar-refractivity contribution in [3.05, 3.63) is 12.2 Å². The first-order valence-corrected chi connectivity index (χ1v) is 18.4. The van der Waals surface area contributed by atoms with Crippen LogP contribution in [0.3, 0.4) is 0 Å². The van der Waals surface area contributed by atoms with E-state index in [1.54, 1.807) is 32.9 Å². The van der Waals surface area contributed by atoms with Gasteiger partial charge in [0.05, 0.1) is 24.3 Å². The summed E-state index contributed by atoms with van der Waals surface area (Å²) >= 11 is 0. The molecule has 3 unspecified atom stereocenters. The van der Waals surface area contributed by atoms with Crippen LogP contribution in [0.4, 0.5) is 4.79 Å². The first-order chi connectivity index (χ1) is 22.2. The summed E-state index contributed by atoms with van der Waals surface area (Å²) in [5, 5.41) is 4.79. The third-order valence-corrected chi connectivity index (χ3v) is 11.2. The van der Waals surface area contributed by atoms with Gasteiger partial charge in [-0.1, -0.05) is 31.4 Å². The van der Waals surface area contributed by atoms with E-state index >= 15 is 0 Å². The number of amides is 4. The molecule has 3 aliphatic carbocycles. The van der Waals surface area contributed by atoms with Gasteiger partial charge in [0, 0.05) is 18.9 Å². The molecule has 15 heteroatoms. The molecule has 4 fully saturated rings. The fourth-order valence-electron chi connectivity index (χ4n) is 6.61. The van der Waals surface area contributed by atoms with Crippen molar-refractivity contribution in [2.45, 2.75) is 126 Å². The highest BCUT2D eigenvalue weighted by Crippen LogP contribution is 2.46. The number of carbonyl (C=O) groups excluding carboxylic acids is 5. The molecule has 3 saturated carbocycles. The van der Waals surface area contributed by atoms with Crippen molar-refractivity contribution in [1.82, 2.24) is 20.3 Å². The minimum Gasteiger partial charge on any atom is -0.460 e. The Labute approximate surface area is 276 Å². The Morgan fingerprint density at radius 3 is 2.45 bits per heavy atom. The van der Waals surface area contributed by atoms with Crippen molar-refractivity contribution in [2.75, 3.05) is 19.8 Å². The second-order valence-electron chi connectivity index (χ2n) is 14.4. The standard InChI is InChI=1S/C32H48N4O10S/c1-31(2,3)46-30(41)33-24-12-8-16-44-15-7-11-21-18-32(21,29(40)35-47(42,43)23-13-14-23)34-26(37)25-17-22(19-36(25)27(24)38)45-28(39)20-9-5-4-6-10-20/h7,11,20-25H,4-6,8-10,12-19H2,1-3H3,(H,33,41)(H,34,37)(H,35,40)/b11-7-/t21?,22-,24-,25?,32?/m1/s1. The third-order valence-electron chi connectivity index (χ3n) is 9.39. The molecule has 0 radical (unpaired) electrons. The number of fused-ring (bicyclic) bond motifs is 2. The monoisotopic (exact) mass is 680 g/mol. The average Bonchev–Trinajstić information content (AvgIpc) is 3.92. The second-order valence-corrected chi connectivity index (χ2v) is 16.4. The Hall–Kier alpha value is -3.20. The van der Waals surface area contributed by atoms with Crippen LogP contribution in [-0.2, 0) is 43.4 Å². The lowest BCUT2D eigenvalue weighted by Crippen LogP contribution is -2.58. The molecule has 0 aromatic carbocycles. The second kappa shape index (κ2) is 14.1. The highest BCUT2D eigenvalue weighted by atomic mass is 32.2. The van der Waals surface area contributed by atoms with Gasteiger partial charge in [-0.25, -0.2) is 13.2 Å². The van der Waals surface area contributed by atoms with E-state index in [0.717, 1.165) is 32.1 Å². The van der Waals surface area contributed by atoms with Gasteiger partial charge in [0.1, 0.15) is 29.3 Å². The summed E-state index contributed by atoms with van der Waals surface area (Å²) in [7, 11) is -3.90. The third kappa shape index (κ3) is 8.84. The first-order valence-electron chi connectivity index (χ1n) is 16.8. The number of nitrogens with zero attached hydrogens (tertiary/aromatic N) is 1. The zero-order chi connectivity index (χ0) is 34.0. The molecule has 5 rings (SSSR count). The zero-order valence-corrected chi connectivity index (χ0v) is 28.3. The van der Waals surface area contributed by atoms with Crippen LogP contribution in [0.5, 0.6) is 0 Å². The molecule has 5 atom stereocenters. The summed E-state index contributed by atoms with van der Waals surface area (Å²) in [6, 6.07) is -2.22. The molecule has 3 N–H and O–H groups in total. The minimum absolute atomic E-state index is 0.0170. The van der Waals surface area contributed by atoms with Crippen LogP contribution >= 0.6 is 0 Å². The van der Waals surface area contributed by atoms with E-state index < -0.39 is 74.3 Å². The van der Waals surface area contributed by atoms with E-state index in [-0.39, 0.29) is 50.9 Å². The van der Waals surface area contributed by atoms with Crippen LogP contribution < -0.4 is 15.4 Å². The van der Waals surface area contributed by atoms with E-state index in [9.17, 15) is 32.4 Å². The lowest BCUT2D eigenvalue weighted by molar-refractivity contribution is -0.155. The van der Waals surface area contributed by atoms with E-state index in [2.05, 4.69) is 15.4 Å². The molecular formula is C32H48N4O10S. The summed E-state index contributed by atoms with van der Waals surface area (Å²) in [4.78, 5) is 68.8. The van der Waals surface area contributed by atoms with Crippen LogP contribution in [-0.4, -0.2) is 97.4 Å². The Morgan fingerprint density at radius 1 is 1.04 bits per heavy atom. The van der Waals surface area contributed by atoms with E-state index in [0.29, 0.717) is 19.3 Å². The predicted octanol–water partition coefficient (Wildman–Crippen LogP) is 1.82. The van der Waals surface area contributed by atoms with Gasteiger partial charge in [-0.3, -0.25) is 23.9 Å². The van der Waals surface area contributed by atoms with Crippen LogP contribution in [0.1, 0.15) is 91.4 Å². The maximum atomic E-state index is 14.1. The predicted molar refractivity (Wildman–Crippen MR) is 168 cm³/mol. The SMILES string of the molecule is CC(C)(C)OC(=O)N[C@@H]1CCCOC/C=C\C2CC2(C(=O)NS(=O)(=O)C2CC2)NC(=O)C2C[C@@H](OC(=O)C3CCCCC3)CN2C1=O. The average molecular weight is 681 g/mol. The number of alkyl carbamates (subject to hydrolysis) is 1. The number of hydrogen-bond donors (Lipinski definition) is 3. The molecule has 5 aliphatic rings. The summed E-state index contributed by atoms with van der Waals surface area (Å²) in [5.41, 5.74) is -2.37. The molecule has 14 nitrogen and oxygen atoms in total. The van der Waals surface area contributed by atoms with Gasteiger partial charge in [-0.15, -0.1) is 0 Å². The number of rotatable bonds is 6. The molecular weight excluding hydrogens is 632 g/mol. The van der Waals surface area contributed by atoms with Crippen LogP contribution in [0, 0.1) is 11.8 Å². The summed E-state index contributed by atoms with van der Waals surface area (Å²) in [6.07, 6.45) is 7.86. The zero-order valence-electron chi connectivity index (χ0n) is 27.5. The number of hydrogen-bond acceptors (Lipinski definition) is 10. The summed E-state index contributed by atoms with van der Waals surface area (Å²) in [6.45, 7) is 5.48. The molecule has 262 valence electrons. The minimum atomic E-state index is -3.90. The van der Waals surface area contributed by atoms with Gasteiger partial charge in [0.25, 0.3) is 5.91 Å². The van der Waals surface area contributed by atoms with Crippen molar-refractivity contribution in [2.24, 2.45) is 11.8 Å². The molecule has 0 aromatic rings. The number of esters is 1. The molecule has 47 heavy (non-hydrogen) atoms. The van der Waals surface area contributed by atoms with E-state index in [1.165, 1.54) is 4.90 Å². The van der Waals surface area contributed by atoms with Crippen molar-refractivity contribution >= 4 is 39.8 Å². The summed E-state index contributed by atoms with van der Waals surface area (Å²) in [5.74, 6) is -3.18. The Bertz CT molecular complexity index is 1370. The Kier molecular flexibility index (Phi) is 10.5. The summed E-state index contributed by atoms with van der Waals surface area (Å²) < 4.78 is 44.5. The van der Waals surface area contributed by atoms with E-state index in [4.69, 9.17) is 14.2 Å². The van der Waals surface area contributed by atoms with Crippen molar-refractivity contribution < 1.29 is 46.6 Å². The van der Waals surface area contributed by atoms with Gasteiger partial charge in [0.2, 0.25) is 21.8 Å². The fraction of sp³-hybridized carbons (Fsp3) is 0.781. The van der Waals surface area contributed by atoms with Crippen LogP contribution in [0.25, 0.3) is 0 Å². The topological polar surface area (TPSA) is 187 Å². The Morgan fingerprint density at radius 2 is 1.77 bits per heavy atom. The first kappa shape index (κ1) is 35.1. The molecule has 1 saturated heterocycles. The van der Waals surface area contributed by atoms with Gasteiger partial charge < -0.3 is 29.7 Å². The molecule has 0 aromatic heterocycles. The maximum absolute atomic E-state index is 14.1. The number of sulfonamides is 1. The number of ether oxygens (including phenoxy) is 3. The van der Waals surface area contributed by atoms with E-state index in [1.807, 2.05) is 0 Å². The number of carbonyl (C=O) groups is 5.